The number of rotatable bonds is 2. The van der Waals surface area contributed by atoms with Crippen molar-refractivity contribution in [3.05, 3.63) is 17.1 Å². The Kier molecular flexibility index (Phi) is 2.08. The number of fused-ring (bicyclic) bond motifs is 1. The van der Waals surface area contributed by atoms with E-state index in [-0.39, 0.29) is 0 Å². The molecule has 2 aromatic rings. The van der Waals surface area contributed by atoms with Crippen molar-refractivity contribution in [3.8, 4) is 11.6 Å². The summed E-state index contributed by atoms with van der Waals surface area (Å²) in [6, 6.07) is 0. The summed E-state index contributed by atoms with van der Waals surface area (Å²) >= 11 is 0. The summed E-state index contributed by atoms with van der Waals surface area (Å²) in [5.41, 5.74) is 3.32. The first-order valence-corrected chi connectivity index (χ1v) is 6.42. The van der Waals surface area contributed by atoms with Gasteiger partial charge in [0, 0.05) is 43.7 Å². The highest BCUT2D eigenvalue weighted by Crippen LogP contribution is 2.39. The molecule has 0 atom stereocenters. The average Bonchev–Trinajstić information content (AvgIpc) is 3.04. The maximum absolute atomic E-state index is 5.37. The second-order valence-electron chi connectivity index (χ2n) is 5.06. The lowest BCUT2D eigenvalue weighted by atomic mass is 10.1. The number of nitrogens with zero attached hydrogens (tertiary/aromatic N) is 4. The quantitative estimate of drug-likeness (QED) is 0.854. The monoisotopic (exact) mass is 245 g/mol. The van der Waals surface area contributed by atoms with Gasteiger partial charge >= 0.3 is 0 Å². The van der Waals surface area contributed by atoms with E-state index >= 15 is 0 Å². The number of aryl methyl sites for hydroxylation is 1. The lowest BCUT2D eigenvalue weighted by molar-refractivity contribution is 0.420. The van der Waals surface area contributed by atoms with Crippen LogP contribution in [-0.4, -0.2) is 26.5 Å². The fraction of sp³-hybridized carbons (Fsp3) is 0.583. The Balaban J connectivity index is 1.78. The molecule has 0 amide bonds. The van der Waals surface area contributed by atoms with Gasteiger partial charge in [0.05, 0.1) is 0 Å². The minimum absolute atomic E-state index is 0.514. The third-order valence-electron chi connectivity index (χ3n) is 3.70. The Morgan fingerprint density at radius 1 is 1.39 bits per heavy atom. The molecular formula is C12H15N5O. The molecule has 0 saturated heterocycles. The van der Waals surface area contributed by atoms with E-state index in [0.717, 1.165) is 31.0 Å². The Bertz CT molecular complexity index is 596. The van der Waals surface area contributed by atoms with E-state index in [1.165, 1.54) is 24.1 Å². The molecule has 3 heterocycles. The molecule has 0 radical (unpaired) electrons. The molecule has 1 saturated carbocycles. The Morgan fingerprint density at radius 3 is 3.11 bits per heavy atom. The molecule has 94 valence electrons. The number of nitrogens with one attached hydrogen (secondary N) is 1. The molecule has 1 aliphatic heterocycles. The largest absolute Gasteiger partial charge is 0.332 e. The molecule has 0 unspecified atom stereocenters. The summed E-state index contributed by atoms with van der Waals surface area (Å²) < 4.78 is 7.30. The minimum atomic E-state index is 0.514. The maximum Gasteiger partial charge on any atom is 0.278 e. The van der Waals surface area contributed by atoms with E-state index in [1.807, 2.05) is 11.7 Å². The smallest absolute Gasteiger partial charge is 0.278 e. The normalized spacial score (nSPS) is 18.9. The van der Waals surface area contributed by atoms with E-state index in [2.05, 4.69) is 20.6 Å². The second-order valence-corrected chi connectivity index (χ2v) is 5.06. The molecule has 0 spiro atoms. The van der Waals surface area contributed by atoms with Crippen LogP contribution >= 0.6 is 0 Å². The zero-order chi connectivity index (χ0) is 12.1. The molecule has 0 aromatic carbocycles. The summed E-state index contributed by atoms with van der Waals surface area (Å²) in [4.78, 5) is 4.48. The molecule has 1 fully saturated rings. The van der Waals surface area contributed by atoms with Crippen molar-refractivity contribution in [2.75, 3.05) is 6.54 Å². The topological polar surface area (TPSA) is 68.8 Å². The van der Waals surface area contributed by atoms with E-state index in [1.54, 1.807) is 0 Å². The standard InChI is InChI=1S/C12H15N5O/c1-17-9-4-5-13-6-8(9)10(15-17)12-14-11(16-18-12)7-2-3-7/h7,13H,2-6H2,1H3. The number of hydrogen-bond acceptors (Lipinski definition) is 5. The van der Waals surface area contributed by atoms with Crippen LogP contribution < -0.4 is 5.32 Å². The van der Waals surface area contributed by atoms with Crippen molar-refractivity contribution < 1.29 is 4.52 Å². The minimum Gasteiger partial charge on any atom is -0.332 e. The molecular weight excluding hydrogens is 230 g/mol. The lowest BCUT2D eigenvalue weighted by Crippen LogP contribution is -2.24. The Labute approximate surface area is 104 Å². The predicted octanol–water partition coefficient (Wildman–Crippen LogP) is 0.993. The number of aromatic nitrogens is 4. The lowest BCUT2D eigenvalue weighted by Gasteiger charge is -2.13. The van der Waals surface area contributed by atoms with Gasteiger partial charge in [0.25, 0.3) is 5.89 Å². The van der Waals surface area contributed by atoms with E-state index in [0.29, 0.717) is 11.8 Å². The first-order chi connectivity index (χ1) is 8.83. The van der Waals surface area contributed by atoms with Crippen LogP contribution in [0.25, 0.3) is 11.6 Å². The third-order valence-corrected chi connectivity index (χ3v) is 3.70. The summed E-state index contributed by atoms with van der Waals surface area (Å²) in [7, 11) is 1.98. The van der Waals surface area contributed by atoms with Crippen LogP contribution in [0.4, 0.5) is 0 Å². The summed E-state index contributed by atoms with van der Waals surface area (Å²) in [6.45, 7) is 1.84. The van der Waals surface area contributed by atoms with Crippen LogP contribution in [0.1, 0.15) is 35.8 Å². The van der Waals surface area contributed by atoms with Crippen molar-refractivity contribution in [1.29, 1.82) is 0 Å². The van der Waals surface area contributed by atoms with Crippen molar-refractivity contribution in [2.45, 2.75) is 31.7 Å². The first-order valence-electron chi connectivity index (χ1n) is 6.42. The van der Waals surface area contributed by atoms with Gasteiger partial charge < -0.3 is 9.84 Å². The highest BCUT2D eigenvalue weighted by molar-refractivity contribution is 5.55. The summed E-state index contributed by atoms with van der Waals surface area (Å²) in [6.07, 6.45) is 3.37. The summed E-state index contributed by atoms with van der Waals surface area (Å²) in [5, 5.41) is 12.0. The van der Waals surface area contributed by atoms with Crippen LogP contribution in [-0.2, 0) is 20.0 Å². The fourth-order valence-electron chi connectivity index (χ4n) is 2.53. The molecule has 1 aliphatic carbocycles. The average molecular weight is 245 g/mol. The molecule has 4 rings (SSSR count). The summed E-state index contributed by atoms with van der Waals surface area (Å²) in [5.74, 6) is 1.92. The van der Waals surface area contributed by atoms with Gasteiger partial charge in [-0.15, -0.1) is 0 Å². The third kappa shape index (κ3) is 1.49. The van der Waals surface area contributed by atoms with Crippen LogP contribution in [0.5, 0.6) is 0 Å². The van der Waals surface area contributed by atoms with E-state index in [4.69, 9.17) is 4.52 Å². The van der Waals surface area contributed by atoms with Gasteiger partial charge in [0.2, 0.25) is 0 Å². The maximum atomic E-state index is 5.37. The molecule has 0 bridgehead atoms. The Morgan fingerprint density at radius 2 is 2.28 bits per heavy atom. The van der Waals surface area contributed by atoms with E-state index < -0.39 is 0 Å². The van der Waals surface area contributed by atoms with Crippen molar-refractivity contribution in [2.24, 2.45) is 7.05 Å². The molecule has 2 aliphatic rings. The highest BCUT2D eigenvalue weighted by Gasteiger charge is 2.30. The molecule has 18 heavy (non-hydrogen) atoms. The van der Waals surface area contributed by atoms with E-state index in [9.17, 15) is 0 Å². The zero-order valence-electron chi connectivity index (χ0n) is 10.3. The fourth-order valence-corrected chi connectivity index (χ4v) is 2.53. The second kappa shape index (κ2) is 3.65. The van der Waals surface area contributed by atoms with Gasteiger partial charge in [-0.05, 0) is 12.8 Å². The van der Waals surface area contributed by atoms with Crippen LogP contribution in [0, 0.1) is 0 Å². The van der Waals surface area contributed by atoms with Gasteiger partial charge in [-0.2, -0.15) is 10.1 Å². The van der Waals surface area contributed by atoms with Gasteiger partial charge in [0.1, 0.15) is 0 Å². The molecule has 6 heteroatoms. The predicted molar refractivity (Wildman–Crippen MR) is 63.9 cm³/mol. The SMILES string of the molecule is Cn1nc(-c2nc(C3CC3)no2)c2c1CCNC2. The van der Waals surface area contributed by atoms with Gasteiger partial charge in [-0.25, -0.2) is 0 Å². The highest BCUT2D eigenvalue weighted by atomic mass is 16.5. The van der Waals surface area contributed by atoms with Crippen molar-refractivity contribution in [1.82, 2.24) is 25.2 Å². The zero-order valence-corrected chi connectivity index (χ0v) is 10.3. The van der Waals surface area contributed by atoms with Crippen LogP contribution in [0.15, 0.2) is 4.52 Å². The van der Waals surface area contributed by atoms with Crippen molar-refractivity contribution in [3.63, 3.8) is 0 Å². The van der Waals surface area contributed by atoms with Gasteiger partial charge in [0.15, 0.2) is 11.5 Å². The van der Waals surface area contributed by atoms with Gasteiger partial charge in [-0.1, -0.05) is 5.16 Å². The molecule has 2 aromatic heterocycles. The Hall–Kier alpha value is -1.69. The van der Waals surface area contributed by atoms with Crippen molar-refractivity contribution >= 4 is 0 Å². The van der Waals surface area contributed by atoms with Crippen LogP contribution in [0.3, 0.4) is 0 Å². The molecule has 6 nitrogen and oxygen atoms in total. The van der Waals surface area contributed by atoms with Crippen LogP contribution in [0.2, 0.25) is 0 Å². The van der Waals surface area contributed by atoms with Gasteiger partial charge in [-0.3, -0.25) is 4.68 Å². The number of hydrogen-bond donors (Lipinski definition) is 1. The first kappa shape index (κ1) is 10.3. The molecule has 1 N–H and O–H groups in total.